The van der Waals surface area contributed by atoms with E-state index in [9.17, 15) is 0 Å². The summed E-state index contributed by atoms with van der Waals surface area (Å²) < 4.78 is 1.28. The average molecular weight is 337 g/mol. The number of nitrogens with zero attached hydrogens (tertiary/aromatic N) is 1. The number of hydrogen-bond acceptors (Lipinski definition) is 2. The van der Waals surface area contributed by atoms with Crippen LogP contribution in [-0.4, -0.2) is 24.0 Å². The molecule has 1 aliphatic carbocycles. The fourth-order valence-electron chi connectivity index (χ4n) is 4.10. The fraction of sp³-hybridized carbons (Fsp3) is 0.647. The number of halogens is 1. The van der Waals surface area contributed by atoms with Crippen LogP contribution in [0.1, 0.15) is 49.8 Å². The molecule has 3 heteroatoms. The van der Waals surface area contributed by atoms with Crippen molar-refractivity contribution in [1.82, 2.24) is 4.90 Å². The minimum Gasteiger partial charge on any atom is -0.329 e. The highest BCUT2D eigenvalue weighted by Gasteiger charge is 2.35. The van der Waals surface area contributed by atoms with E-state index in [1.165, 1.54) is 54.2 Å². The molecule has 20 heavy (non-hydrogen) atoms. The van der Waals surface area contributed by atoms with Gasteiger partial charge in [-0.2, -0.15) is 0 Å². The van der Waals surface area contributed by atoms with Crippen molar-refractivity contribution in [3.63, 3.8) is 0 Å². The number of fused-ring (bicyclic) bond motifs is 1. The zero-order valence-corrected chi connectivity index (χ0v) is 13.9. The molecule has 0 aromatic heterocycles. The van der Waals surface area contributed by atoms with Crippen LogP contribution in [0.5, 0.6) is 0 Å². The van der Waals surface area contributed by atoms with E-state index in [-0.39, 0.29) is 0 Å². The van der Waals surface area contributed by atoms with Crippen LogP contribution in [0.3, 0.4) is 0 Å². The van der Waals surface area contributed by atoms with Crippen molar-refractivity contribution in [1.29, 1.82) is 0 Å². The predicted octanol–water partition coefficient (Wildman–Crippen LogP) is 3.89. The number of benzene rings is 1. The maximum absolute atomic E-state index is 6.08. The summed E-state index contributed by atoms with van der Waals surface area (Å²) in [5, 5.41) is 0. The van der Waals surface area contributed by atoms with E-state index < -0.39 is 0 Å². The van der Waals surface area contributed by atoms with Gasteiger partial charge in [0.2, 0.25) is 0 Å². The third kappa shape index (κ3) is 2.56. The molecule has 2 aliphatic rings. The van der Waals surface area contributed by atoms with Crippen molar-refractivity contribution >= 4 is 15.9 Å². The van der Waals surface area contributed by atoms with Gasteiger partial charge in [-0.25, -0.2) is 0 Å². The van der Waals surface area contributed by atoms with Crippen LogP contribution in [0, 0.1) is 5.92 Å². The summed E-state index contributed by atoms with van der Waals surface area (Å²) in [4.78, 5) is 2.70. The van der Waals surface area contributed by atoms with Gasteiger partial charge in [0.05, 0.1) is 0 Å². The number of nitrogens with two attached hydrogens (primary N) is 1. The monoisotopic (exact) mass is 336 g/mol. The van der Waals surface area contributed by atoms with E-state index in [1.54, 1.807) is 0 Å². The Balaban J connectivity index is 1.82. The molecule has 1 aromatic carbocycles. The maximum atomic E-state index is 6.08. The smallest absolute Gasteiger partial charge is 0.0357 e. The summed E-state index contributed by atoms with van der Waals surface area (Å²) >= 11 is 3.71. The molecule has 2 N–H and O–H groups in total. The Morgan fingerprint density at radius 2 is 2.20 bits per heavy atom. The van der Waals surface area contributed by atoms with Gasteiger partial charge in [0.25, 0.3) is 0 Å². The molecule has 0 spiro atoms. The normalized spacial score (nSPS) is 30.4. The van der Waals surface area contributed by atoms with E-state index in [4.69, 9.17) is 5.73 Å². The third-order valence-corrected chi connectivity index (χ3v) is 6.04. The molecule has 3 atom stereocenters. The van der Waals surface area contributed by atoms with E-state index in [2.05, 4.69) is 46.0 Å². The van der Waals surface area contributed by atoms with Gasteiger partial charge in [0.15, 0.2) is 0 Å². The third-order valence-electron chi connectivity index (χ3n) is 5.30. The van der Waals surface area contributed by atoms with E-state index in [0.29, 0.717) is 12.1 Å². The summed E-state index contributed by atoms with van der Waals surface area (Å²) in [6.45, 7) is 4.34. The molecule has 2 nitrogen and oxygen atoms in total. The van der Waals surface area contributed by atoms with Crippen LogP contribution in [0.4, 0.5) is 0 Å². The first-order chi connectivity index (χ1) is 9.74. The summed E-state index contributed by atoms with van der Waals surface area (Å²) in [5.41, 5.74) is 9.13. The minimum atomic E-state index is 0.573. The van der Waals surface area contributed by atoms with E-state index in [1.807, 2.05) is 0 Å². The molecule has 0 saturated carbocycles. The van der Waals surface area contributed by atoms with Gasteiger partial charge in [-0.1, -0.05) is 41.4 Å². The van der Waals surface area contributed by atoms with Crippen molar-refractivity contribution in [2.45, 2.75) is 51.1 Å². The number of likely N-dealkylation sites (tertiary alicyclic amines) is 1. The maximum Gasteiger partial charge on any atom is 0.0357 e. The van der Waals surface area contributed by atoms with Gasteiger partial charge in [0.1, 0.15) is 0 Å². The second kappa shape index (κ2) is 6.17. The van der Waals surface area contributed by atoms with E-state index >= 15 is 0 Å². The average Bonchev–Trinajstić information content (AvgIpc) is 2.91. The standard InChI is InChI=1S/C17H25BrN2/c1-2-12-8-9-20(13(10-12)11-19)17-7-6-14-15(17)4-3-5-16(14)18/h3-5,12-13,17H,2,6-11,19H2,1H3. The molecular weight excluding hydrogens is 312 g/mol. The topological polar surface area (TPSA) is 29.3 Å². The zero-order valence-electron chi connectivity index (χ0n) is 12.3. The highest BCUT2D eigenvalue weighted by Crippen LogP contribution is 2.42. The lowest BCUT2D eigenvalue weighted by atomic mass is 9.87. The summed E-state index contributed by atoms with van der Waals surface area (Å²) in [6, 6.07) is 7.83. The SMILES string of the molecule is CCC1CCN(C2CCc3c(Br)cccc32)C(CN)C1. The van der Waals surface area contributed by atoms with Gasteiger partial charge < -0.3 is 5.73 Å². The molecule has 3 unspecified atom stereocenters. The van der Waals surface area contributed by atoms with Crippen molar-refractivity contribution in [2.75, 3.05) is 13.1 Å². The lowest BCUT2D eigenvalue weighted by Gasteiger charge is -2.42. The van der Waals surface area contributed by atoms with Crippen LogP contribution in [-0.2, 0) is 6.42 Å². The number of hydrogen-bond donors (Lipinski definition) is 1. The van der Waals surface area contributed by atoms with Crippen LogP contribution in [0.2, 0.25) is 0 Å². The molecule has 1 aromatic rings. The molecule has 1 saturated heterocycles. The first-order valence-corrected chi connectivity index (χ1v) is 8.77. The zero-order chi connectivity index (χ0) is 14.1. The van der Waals surface area contributed by atoms with Crippen molar-refractivity contribution in [2.24, 2.45) is 11.7 Å². The van der Waals surface area contributed by atoms with Crippen LogP contribution >= 0.6 is 15.9 Å². The lowest BCUT2D eigenvalue weighted by molar-refractivity contribution is 0.0702. The second-order valence-electron chi connectivity index (χ2n) is 6.29. The molecule has 0 bridgehead atoms. The fourth-order valence-corrected chi connectivity index (χ4v) is 4.68. The molecule has 0 amide bonds. The Morgan fingerprint density at radius 1 is 1.35 bits per heavy atom. The Morgan fingerprint density at radius 3 is 2.95 bits per heavy atom. The Hall–Kier alpha value is -0.380. The Labute approximate surface area is 130 Å². The van der Waals surface area contributed by atoms with Crippen LogP contribution in [0.15, 0.2) is 22.7 Å². The molecule has 3 rings (SSSR count). The second-order valence-corrected chi connectivity index (χ2v) is 7.14. The molecule has 0 radical (unpaired) electrons. The largest absolute Gasteiger partial charge is 0.329 e. The number of rotatable bonds is 3. The highest BCUT2D eigenvalue weighted by atomic mass is 79.9. The first kappa shape index (κ1) is 14.6. The van der Waals surface area contributed by atoms with Crippen LogP contribution in [0.25, 0.3) is 0 Å². The Kier molecular flexibility index (Phi) is 4.49. The minimum absolute atomic E-state index is 0.573. The lowest BCUT2D eigenvalue weighted by Crippen LogP contribution is -2.47. The van der Waals surface area contributed by atoms with Gasteiger partial charge >= 0.3 is 0 Å². The molecule has 1 aliphatic heterocycles. The van der Waals surface area contributed by atoms with Gasteiger partial charge in [0, 0.05) is 23.1 Å². The Bertz CT molecular complexity index is 474. The van der Waals surface area contributed by atoms with Gasteiger partial charge in [-0.05, 0) is 55.3 Å². The molecule has 1 heterocycles. The molecule has 110 valence electrons. The quantitative estimate of drug-likeness (QED) is 0.907. The van der Waals surface area contributed by atoms with Crippen molar-refractivity contribution in [3.8, 4) is 0 Å². The van der Waals surface area contributed by atoms with Crippen LogP contribution < -0.4 is 5.73 Å². The summed E-state index contributed by atoms with van der Waals surface area (Å²) in [7, 11) is 0. The molecular formula is C17H25BrN2. The highest BCUT2D eigenvalue weighted by molar-refractivity contribution is 9.10. The van der Waals surface area contributed by atoms with Gasteiger partial charge in [-0.15, -0.1) is 0 Å². The summed E-state index contributed by atoms with van der Waals surface area (Å²) in [5.74, 6) is 0.878. The van der Waals surface area contributed by atoms with Crippen molar-refractivity contribution < 1.29 is 0 Å². The first-order valence-electron chi connectivity index (χ1n) is 7.97. The molecule has 1 fully saturated rings. The van der Waals surface area contributed by atoms with E-state index in [0.717, 1.165) is 12.5 Å². The predicted molar refractivity (Wildman–Crippen MR) is 87.8 cm³/mol. The van der Waals surface area contributed by atoms with Gasteiger partial charge in [-0.3, -0.25) is 4.90 Å². The van der Waals surface area contributed by atoms with Crippen molar-refractivity contribution in [3.05, 3.63) is 33.8 Å². The number of piperidine rings is 1. The summed E-state index contributed by atoms with van der Waals surface area (Å²) in [6.07, 6.45) is 6.38.